The second-order valence-corrected chi connectivity index (χ2v) is 7.19. The minimum absolute atomic E-state index is 0.0247. The third-order valence-corrected chi connectivity index (χ3v) is 5.33. The number of carbonyl (C=O) groups excluding carboxylic acids is 3. The Morgan fingerprint density at radius 1 is 0.862 bits per heavy atom. The van der Waals surface area contributed by atoms with Crippen molar-refractivity contribution in [2.75, 3.05) is 37.6 Å². The molecule has 1 saturated heterocycles. The van der Waals surface area contributed by atoms with Gasteiger partial charge in [0.05, 0.1) is 12.2 Å². The van der Waals surface area contributed by atoms with Crippen molar-refractivity contribution >= 4 is 23.4 Å². The maximum atomic E-state index is 13.0. The average Bonchev–Trinajstić information content (AvgIpc) is 2.78. The third kappa shape index (κ3) is 3.81. The molecule has 150 valence electrons. The quantitative estimate of drug-likeness (QED) is 0.780. The van der Waals surface area contributed by atoms with E-state index in [1.807, 2.05) is 36.4 Å². The van der Waals surface area contributed by atoms with E-state index in [1.165, 1.54) is 6.92 Å². The van der Waals surface area contributed by atoms with E-state index in [2.05, 4.69) is 0 Å². The molecule has 0 bridgehead atoms. The summed E-state index contributed by atoms with van der Waals surface area (Å²) in [4.78, 5) is 42.7. The number of ether oxygens (including phenoxy) is 1. The number of nitrogens with zero attached hydrogens (tertiary/aromatic N) is 3. The molecule has 2 aliphatic rings. The normalized spacial score (nSPS) is 18.7. The van der Waals surface area contributed by atoms with Crippen LogP contribution in [-0.4, -0.2) is 66.3 Å². The molecule has 2 aromatic carbocycles. The van der Waals surface area contributed by atoms with Crippen LogP contribution in [0.15, 0.2) is 54.6 Å². The van der Waals surface area contributed by atoms with Crippen LogP contribution in [0.3, 0.4) is 0 Å². The lowest BCUT2D eigenvalue weighted by molar-refractivity contribution is -0.140. The van der Waals surface area contributed by atoms with Crippen LogP contribution in [0.25, 0.3) is 0 Å². The number of anilines is 1. The lowest BCUT2D eigenvalue weighted by atomic mass is 10.1. The molecule has 0 saturated carbocycles. The predicted octanol–water partition coefficient (Wildman–Crippen LogP) is 1.79. The van der Waals surface area contributed by atoms with Gasteiger partial charge in [0.2, 0.25) is 5.91 Å². The predicted molar refractivity (Wildman–Crippen MR) is 108 cm³/mol. The van der Waals surface area contributed by atoms with E-state index in [-0.39, 0.29) is 24.3 Å². The van der Waals surface area contributed by atoms with Gasteiger partial charge >= 0.3 is 0 Å². The maximum absolute atomic E-state index is 13.0. The molecule has 0 spiro atoms. The van der Waals surface area contributed by atoms with Crippen molar-refractivity contribution in [3.63, 3.8) is 0 Å². The number of carbonyl (C=O) groups is 3. The molecule has 4 rings (SSSR count). The van der Waals surface area contributed by atoms with E-state index in [9.17, 15) is 14.4 Å². The van der Waals surface area contributed by atoms with E-state index < -0.39 is 6.10 Å². The number of rotatable bonds is 2. The van der Waals surface area contributed by atoms with Crippen molar-refractivity contribution in [3.8, 4) is 5.75 Å². The van der Waals surface area contributed by atoms with Gasteiger partial charge in [0.25, 0.3) is 11.8 Å². The van der Waals surface area contributed by atoms with Gasteiger partial charge in [-0.3, -0.25) is 14.4 Å². The smallest absolute Gasteiger partial charge is 0.265 e. The number of benzene rings is 2. The molecule has 1 fully saturated rings. The molecule has 0 aliphatic carbocycles. The van der Waals surface area contributed by atoms with Crippen LogP contribution in [0.1, 0.15) is 17.3 Å². The third-order valence-electron chi connectivity index (χ3n) is 5.33. The van der Waals surface area contributed by atoms with Crippen LogP contribution in [-0.2, 0) is 9.59 Å². The van der Waals surface area contributed by atoms with Crippen LogP contribution in [0.2, 0.25) is 0 Å². The van der Waals surface area contributed by atoms with Crippen molar-refractivity contribution in [3.05, 3.63) is 60.2 Å². The highest BCUT2D eigenvalue weighted by molar-refractivity contribution is 5.96. The maximum Gasteiger partial charge on any atom is 0.265 e. The minimum atomic E-state index is -0.745. The number of piperazine rings is 1. The Morgan fingerprint density at radius 2 is 1.48 bits per heavy atom. The molecule has 29 heavy (non-hydrogen) atoms. The standard InChI is InChI=1S/C22H23N3O4/c1-16(26)25-15-20(29-19-10-6-5-9-18(19)25)22(28)24-13-11-23(12-14-24)21(27)17-7-3-2-4-8-17/h2-10,20H,11-15H2,1H3/t20-/m0/s1. The zero-order valence-corrected chi connectivity index (χ0v) is 16.3. The van der Waals surface area contributed by atoms with Crippen LogP contribution in [0.4, 0.5) is 5.69 Å². The fourth-order valence-electron chi connectivity index (χ4n) is 3.76. The van der Waals surface area contributed by atoms with Crippen LogP contribution in [0, 0.1) is 0 Å². The first kappa shape index (κ1) is 19.0. The van der Waals surface area contributed by atoms with Crippen LogP contribution in [0.5, 0.6) is 5.75 Å². The van der Waals surface area contributed by atoms with Crippen molar-refractivity contribution in [1.82, 2.24) is 9.80 Å². The van der Waals surface area contributed by atoms with Crippen LogP contribution >= 0.6 is 0 Å². The molecule has 2 aliphatic heterocycles. The molecule has 0 unspecified atom stereocenters. The Morgan fingerprint density at radius 3 is 2.17 bits per heavy atom. The molecular weight excluding hydrogens is 370 g/mol. The summed E-state index contributed by atoms with van der Waals surface area (Å²) in [6, 6.07) is 16.4. The highest BCUT2D eigenvalue weighted by atomic mass is 16.5. The molecule has 3 amide bonds. The molecule has 1 atom stereocenters. The summed E-state index contributed by atoms with van der Waals surface area (Å²) >= 11 is 0. The minimum Gasteiger partial charge on any atom is -0.476 e. The molecule has 7 nitrogen and oxygen atoms in total. The van der Waals surface area contributed by atoms with Gasteiger partial charge in [-0.05, 0) is 24.3 Å². The summed E-state index contributed by atoms with van der Waals surface area (Å²) in [6.07, 6.45) is -0.745. The summed E-state index contributed by atoms with van der Waals surface area (Å²) in [7, 11) is 0. The number of para-hydroxylation sites is 2. The summed E-state index contributed by atoms with van der Waals surface area (Å²) < 4.78 is 5.91. The van der Waals surface area contributed by atoms with Crippen molar-refractivity contribution in [2.24, 2.45) is 0 Å². The van der Waals surface area contributed by atoms with E-state index in [0.717, 1.165) is 0 Å². The van der Waals surface area contributed by atoms with Crippen LogP contribution < -0.4 is 9.64 Å². The van der Waals surface area contributed by atoms with Gasteiger partial charge in [-0.15, -0.1) is 0 Å². The van der Waals surface area contributed by atoms with E-state index in [1.54, 1.807) is 32.9 Å². The van der Waals surface area contributed by atoms with Crippen molar-refractivity contribution in [2.45, 2.75) is 13.0 Å². The Hall–Kier alpha value is -3.35. The van der Waals surface area contributed by atoms with Gasteiger partial charge < -0.3 is 19.4 Å². The Balaban J connectivity index is 1.41. The Bertz CT molecular complexity index is 923. The monoisotopic (exact) mass is 393 g/mol. The first-order valence-corrected chi connectivity index (χ1v) is 9.71. The number of fused-ring (bicyclic) bond motifs is 1. The largest absolute Gasteiger partial charge is 0.476 e. The Kier molecular flexibility index (Phi) is 5.20. The van der Waals surface area contributed by atoms with E-state index in [4.69, 9.17) is 4.74 Å². The second kappa shape index (κ2) is 7.95. The number of hydrogen-bond donors (Lipinski definition) is 0. The lowest BCUT2D eigenvalue weighted by Crippen LogP contribution is -2.56. The fraction of sp³-hybridized carbons (Fsp3) is 0.318. The fourth-order valence-corrected chi connectivity index (χ4v) is 3.76. The van der Waals surface area contributed by atoms with Gasteiger partial charge in [-0.1, -0.05) is 30.3 Å². The van der Waals surface area contributed by atoms with E-state index >= 15 is 0 Å². The second-order valence-electron chi connectivity index (χ2n) is 7.19. The van der Waals surface area contributed by atoms with Gasteiger partial charge in [0.15, 0.2) is 6.10 Å². The first-order chi connectivity index (χ1) is 14.0. The lowest BCUT2D eigenvalue weighted by Gasteiger charge is -2.39. The summed E-state index contributed by atoms with van der Waals surface area (Å²) in [6.45, 7) is 3.50. The summed E-state index contributed by atoms with van der Waals surface area (Å²) in [5, 5.41) is 0. The van der Waals surface area contributed by atoms with Gasteiger partial charge in [0.1, 0.15) is 5.75 Å². The topological polar surface area (TPSA) is 70.2 Å². The molecular formula is C22H23N3O4. The van der Waals surface area contributed by atoms with Gasteiger partial charge in [-0.25, -0.2) is 0 Å². The zero-order valence-electron chi connectivity index (χ0n) is 16.3. The highest BCUT2D eigenvalue weighted by Gasteiger charge is 2.36. The molecule has 0 radical (unpaired) electrons. The summed E-state index contributed by atoms with van der Waals surface area (Å²) in [5.41, 5.74) is 1.33. The molecule has 2 aromatic rings. The zero-order chi connectivity index (χ0) is 20.4. The Labute approximate surface area is 169 Å². The summed E-state index contributed by atoms with van der Waals surface area (Å²) in [5.74, 6) is 0.225. The molecule has 0 aromatic heterocycles. The van der Waals surface area contributed by atoms with Crippen molar-refractivity contribution in [1.29, 1.82) is 0 Å². The molecule has 0 N–H and O–H groups in total. The first-order valence-electron chi connectivity index (χ1n) is 9.71. The molecule has 7 heteroatoms. The van der Waals surface area contributed by atoms with E-state index in [0.29, 0.717) is 43.2 Å². The van der Waals surface area contributed by atoms with Gasteiger partial charge in [-0.2, -0.15) is 0 Å². The number of amides is 3. The molecule has 2 heterocycles. The number of hydrogen-bond acceptors (Lipinski definition) is 4. The van der Waals surface area contributed by atoms with Gasteiger partial charge in [0, 0.05) is 38.7 Å². The average molecular weight is 393 g/mol. The SMILES string of the molecule is CC(=O)N1C[C@@H](C(=O)N2CCN(C(=O)c3ccccc3)CC2)Oc2ccccc21. The van der Waals surface area contributed by atoms with Crippen molar-refractivity contribution < 1.29 is 19.1 Å². The highest BCUT2D eigenvalue weighted by Crippen LogP contribution is 2.33.